The van der Waals surface area contributed by atoms with Crippen LogP contribution in [0.4, 0.5) is 0 Å². The summed E-state index contributed by atoms with van der Waals surface area (Å²) in [5, 5.41) is 23.1. The van der Waals surface area contributed by atoms with Gasteiger partial charge < -0.3 is 20.3 Å². The first-order valence-corrected chi connectivity index (χ1v) is 31.7. The van der Waals surface area contributed by atoms with E-state index in [2.05, 4.69) is 55.6 Å². The van der Waals surface area contributed by atoms with Gasteiger partial charge >= 0.3 is 5.97 Å². The lowest BCUT2D eigenvalue weighted by Crippen LogP contribution is -2.45. The summed E-state index contributed by atoms with van der Waals surface area (Å²) >= 11 is 0. The highest BCUT2D eigenvalue weighted by Gasteiger charge is 2.20. The Morgan fingerprint density at radius 1 is 0.394 bits per heavy atom. The third-order valence-corrected chi connectivity index (χ3v) is 14.7. The number of ether oxygens (including phenoxy) is 1. The van der Waals surface area contributed by atoms with Gasteiger partial charge in [-0.15, -0.1) is 0 Å². The van der Waals surface area contributed by atoms with Gasteiger partial charge in [-0.1, -0.05) is 281 Å². The van der Waals surface area contributed by atoms with E-state index < -0.39 is 12.1 Å². The Labute approximate surface area is 443 Å². The third-order valence-electron chi connectivity index (χ3n) is 14.7. The molecule has 6 nitrogen and oxygen atoms in total. The predicted octanol–water partition coefficient (Wildman–Crippen LogP) is 20.0. The Hall–Kier alpha value is -1.92. The second kappa shape index (κ2) is 60.6. The van der Waals surface area contributed by atoms with Gasteiger partial charge in [0.1, 0.15) is 0 Å². The molecular formula is C65H123NO5. The van der Waals surface area contributed by atoms with Crippen molar-refractivity contribution in [1.82, 2.24) is 5.32 Å². The molecule has 2 unspecified atom stereocenters. The Balaban J connectivity index is 3.35. The van der Waals surface area contributed by atoms with Crippen molar-refractivity contribution < 1.29 is 24.5 Å². The molecule has 0 aliphatic carbocycles. The van der Waals surface area contributed by atoms with Gasteiger partial charge in [0.15, 0.2) is 0 Å². The molecule has 0 aromatic rings. The summed E-state index contributed by atoms with van der Waals surface area (Å²) in [6.07, 6.45) is 76.1. The maximum Gasteiger partial charge on any atom is 0.305 e. The minimum Gasteiger partial charge on any atom is -0.466 e. The normalized spacial score (nSPS) is 12.8. The Kier molecular flexibility index (Phi) is 59.0. The topological polar surface area (TPSA) is 95.9 Å². The van der Waals surface area contributed by atoms with Crippen LogP contribution in [-0.4, -0.2) is 47.4 Å². The van der Waals surface area contributed by atoms with Crippen LogP contribution in [0.2, 0.25) is 0 Å². The van der Waals surface area contributed by atoms with Crippen LogP contribution in [0.25, 0.3) is 0 Å². The minimum atomic E-state index is -0.661. The smallest absolute Gasteiger partial charge is 0.305 e. The Bertz CT molecular complexity index is 1150. The molecule has 2 atom stereocenters. The predicted molar refractivity (Wildman–Crippen MR) is 310 cm³/mol. The first-order valence-electron chi connectivity index (χ1n) is 31.7. The number of hydrogen-bond donors (Lipinski definition) is 3. The summed E-state index contributed by atoms with van der Waals surface area (Å²) in [4.78, 5) is 24.5. The maximum atomic E-state index is 12.4. The number of allylic oxidation sites excluding steroid dienone is 6. The Morgan fingerprint density at radius 3 is 1.10 bits per heavy atom. The summed E-state index contributed by atoms with van der Waals surface area (Å²) in [6.45, 7) is 4.92. The average Bonchev–Trinajstić information content (AvgIpc) is 3.37. The first kappa shape index (κ1) is 69.1. The lowest BCUT2D eigenvalue weighted by atomic mass is 10.0. The molecule has 71 heavy (non-hydrogen) atoms. The molecule has 0 saturated carbocycles. The number of carbonyl (C=O) groups is 2. The molecule has 0 aliphatic rings. The molecule has 418 valence electrons. The van der Waals surface area contributed by atoms with Gasteiger partial charge in [-0.25, -0.2) is 0 Å². The van der Waals surface area contributed by atoms with Crippen LogP contribution >= 0.6 is 0 Å². The van der Waals surface area contributed by atoms with Crippen LogP contribution < -0.4 is 5.32 Å². The lowest BCUT2D eigenvalue weighted by Gasteiger charge is -2.22. The fourth-order valence-electron chi connectivity index (χ4n) is 9.78. The van der Waals surface area contributed by atoms with Crippen molar-refractivity contribution in [1.29, 1.82) is 0 Å². The zero-order chi connectivity index (χ0) is 51.4. The molecule has 3 N–H and O–H groups in total. The molecule has 0 bridgehead atoms. The second-order valence-corrected chi connectivity index (χ2v) is 21.7. The van der Waals surface area contributed by atoms with Crippen LogP contribution in [0.15, 0.2) is 36.5 Å². The lowest BCUT2D eigenvalue weighted by molar-refractivity contribution is -0.143. The maximum absolute atomic E-state index is 12.4. The molecule has 0 radical (unpaired) electrons. The quantitative estimate of drug-likeness (QED) is 0.0321. The molecule has 0 saturated heterocycles. The monoisotopic (exact) mass is 998 g/mol. The van der Waals surface area contributed by atoms with Crippen LogP contribution in [0.3, 0.4) is 0 Å². The summed E-state index contributed by atoms with van der Waals surface area (Å²) in [5.41, 5.74) is 0. The van der Waals surface area contributed by atoms with E-state index in [4.69, 9.17) is 4.74 Å². The third kappa shape index (κ3) is 57.2. The molecular weight excluding hydrogens is 875 g/mol. The SMILES string of the molecule is CCCCCC/C=C\C/C=C\CCCCCCCC(=O)OCCCCCCCCCCCCCC/C=C\CCCCCCCCCCCCCCCC(=O)NC(CO)C(O)CCCCCCCCCCC. The number of rotatable bonds is 59. The minimum absolute atomic E-state index is 0.00291. The van der Waals surface area contributed by atoms with Crippen molar-refractivity contribution in [2.45, 2.75) is 353 Å². The van der Waals surface area contributed by atoms with E-state index in [0.29, 0.717) is 25.9 Å². The highest BCUT2D eigenvalue weighted by molar-refractivity contribution is 5.76. The number of aliphatic hydroxyl groups is 2. The van der Waals surface area contributed by atoms with Gasteiger partial charge in [0.2, 0.25) is 5.91 Å². The summed E-state index contributed by atoms with van der Waals surface area (Å²) in [6, 6.07) is -0.539. The van der Waals surface area contributed by atoms with E-state index >= 15 is 0 Å². The number of carbonyl (C=O) groups excluding carboxylic acids is 2. The molecule has 6 heteroatoms. The van der Waals surface area contributed by atoms with Crippen molar-refractivity contribution >= 4 is 11.9 Å². The summed E-state index contributed by atoms with van der Waals surface area (Å²) in [7, 11) is 0. The zero-order valence-corrected chi connectivity index (χ0v) is 47.7. The first-order chi connectivity index (χ1) is 35.0. The van der Waals surface area contributed by atoms with Crippen molar-refractivity contribution in [3.63, 3.8) is 0 Å². The van der Waals surface area contributed by atoms with Crippen molar-refractivity contribution in [2.75, 3.05) is 13.2 Å². The zero-order valence-electron chi connectivity index (χ0n) is 47.7. The van der Waals surface area contributed by atoms with Gasteiger partial charge in [0.25, 0.3) is 0 Å². The number of nitrogens with one attached hydrogen (secondary N) is 1. The largest absolute Gasteiger partial charge is 0.466 e. The van der Waals surface area contributed by atoms with Crippen molar-refractivity contribution in [3.8, 4) is 0 Å². The molecule has 1 amide bonds. The van der Waals surface area contributed by atoms with E-state index in [0.717, 1.165) is 51.4 Å². The van der Waals surface area contributed by atoms with E-state index in [1.165, 1.54) is 257 Å². The van der Waals surface area contributed by atoms with E-state index in [1.54, 1.807) is 0 Å². The van der Waals surface area contributed by atoms with Crippen LogP contribution in [0.1, 0.15) is 341 Å². The number of hydrogen-bond acceptors (Lipinski definition) is 5. The van der Waals surface area contributed by atoms with Gasteiger partial charge in [-0.3, -0.25) is 9.59 Å². The van der Waals surface area contributed by atoms with Crippen molar-refractivity contribution in [3.05, 3.63) is 36.5 Å². The molecule has 0 aromatic heterocycles. The molecule has 0 heterocycles. The van der Waals surface area contributed by atoms with Gasteiger partial charge in [-0.2, -0.15) is 0 Å². The highest BCUT2D eigenvalue weighted by atomic mass is 16.5. The van der Waals surface area contributed by atoms with E-state index in [9.17, 15) is 19.8 Å². The number of esters is 1. The molecule has 0 rings (SSSR count). The van der Waals surface area contributed by atoms with E-state index in [1.807, 2.05) is 0 Å². The van der Waals surface area contributed by atoms with Gasteiger partial charge in [0.05, 0.1) is 25.4 Å². The molecule has 0 spiro atoms. The van der Waals surface area contributed by atoms with E-state index in [-0.39, 0.29) is 18.5 Å². The van der Waals surface area contributed by atoms with Crippen LogP contribution in [0, 0.1) is 0 Å². The standard InChI is InChI=1S/C65H123NO5/c1-3-5-7-9-11-13-14-15-16-33-36-39-43-47-51-55-59-65(70)71-60-56-52-48-44-40-37-34-31-29-27-25-23-21-19-17-18-20-22-24-26-28-30-32-35-38-42-46-50-54-58-64(69)66-62(61-67)63(68)57-53-49-45-41-12-10-8-6-4-2/h13-14,16-17,19,33,62-63,67-68H,3-12,15,18,20-32,34-61H2,1-2H3,(H,66,69)/b14-13-,19-17-,33-16-. The van der Waals surface area contributed by atoms with Gasteiger partial charge in [0, 0.05) is 12.8 Å². The summed E-state index contributed by atoms with van der Waals surface area (Å²) in [5.74, 6) is -0.0331. The van der Waals surface area contributed by atoms with Gasteiger partial charge in [-0.05, 0) is 83.5 Å². The van der Waals surface area contributed by atoms with Crippen molar-refractivity contribution in [2.24, 2.45) is 0 Å². The average molecular weight is 999 g/mol. The highest BCUT2D eigenvalue weighted by Crippen LogP contribution is 2.17. The number of aliphatic hydroxyl groups excluding tert-OH is 2. The number of unbranched alkanes of at least 4 members (excludes halogenated alkanes) is 42. The molecule has 0 aliphatic heterocycles. The molecule has 0 fully saturated rings. The fraction of sp³-hybridized carbons (Fsp3) is 0.877. The number of amides is 1. The van der Waals surface area contributed by atoms with Crippen LogP contribution in [0.5, 0.6) is 0 Å². The summed E-state index contributed by atoms with van der Waals surface area (Å²) < 4.78 is 5.48. The van der Waals surface area contributed by atoms with Crippen LogP contribution in [-0.2, 0) is 14.3 Å². The molecule has 0 aromatic carbocycles. The Morgan fingerprint density at radius 2 is 0.704 bits per heavy atom. The fourth-order valence-corrected chi connectivity index (χ4v) is 9.78. The second-order valence-electron chi connectivity index (χ2n) is 21.7.